The van der Waals surface area contributed by atoms with Crippen LogP contribution < -0.4 is 10.6 Å². The predicted octanol–water partition coefficient (Wildman–Crippen LogP) is 0.485. The lowest BCUT2D eigenvalue weighted by molar-refractivity contribution is -0.153. The molecular weight excluding hydrogens is 180 g/mol. The van der Waals surface area contributed by atoms with E-state index in [-0.39, 0.29) is 12.2 Å². The molecule has 1 fully saturated rings. The van der Waals surface area contributed by atoms with Crippen molar-refractivity contribution in [3.63, 3.8) is 0 Å². The van der Waals surface area contributed by atoms with Gasteiger partial charge in [0.25, 0.3) is 0 Å². The lowest BCUT2D eigenvalue weighted by Crippen LogP contribution is -2.43. The second-order valence-electron chi connectivity index (χ2n) is 3.64. The normalized spacial score (nSPS) is 20.4. The number of hydrogen-bond acceptors (Lipinski definition) is 4. The van der Waals surface area contributed by atoms with E-state index in [1.54, 1.807) is 0 Å². The van der Waals surface area contributed by atoms with Gasteiger partial charge in [0.15, 0.2) is 6.23 Å². The second kappa shape index (κ2) is 5.98. The summed E-state index contributed by atoms with van der Waals surface area (Å²) in [6, 6.07) is 0. The van der Waals surface area contributed by atoms with Gasteiger partial charge in [0.2, 0.25) is 0 Å². The first-order chi connectivity index (χ1) is 6.77. The van der Waals surface area contributed by atoms with Crippen LogP contribution in [-0.2, 0) is 9.53 Å². The summed E-state index contributed by atoms with van der Waals surface area (Å²) in [5, 5.41) is 6.36. The summed E-state index contributed by atoms with van der Waals surface area (Å²) in [5.41, 5.74) is 0. The van der Waals surface area contributed by atoms with E-state index in [1.807, 2.05) is 14.0 Å². The summed E-state index contributed by atoms with van der Waals surface area (Å²) in [6.07, 6.45) is 2.48. The Morgan fingerprint density at radius 1 is 1.57 bits per heavy atom. The Morgan fingerprint density at radius 2 is 2.21 bits per heavy atom. The van der Waals surface area contributed by atoms with Crippen LogP contribution >= 0.6 is 0 Å². The number of nitrogens with one attached hydrogen (secondary N) is 2. The molecule has 1 unspecified atom stereocenters. The number of carbonyl (C=O) groups excluding carboxylic acids is 1. The van der Waals surface area contributed by atoms with Crippen molar-refractivity contribution in [2.45, 2.75) is 32.4 Å². The van der Waals surface area contributed by atoms with Crippen LogP contribution in [0.15, 0.2) is 0 Å². The van der Waals surface area contributed by atoms with Crippen LogP contribution in [0.5, 0.6) is 0 Å². The maximum Gasteiger partial charge on any atom is 0.307 e. The van der Waals surface area contributed by atoms with E-state index >= 15 is 0 Å². The number of rotatable bonds is 4. The van der Waals surface area contributed by atoms with Gasteiger partial charge in [0.05, 0.1) is 0 Å². The fourth-order valence-electron chi connectivity index (χ4n) is 1.76. The van der Waals surface area contributed by atoms with Gasteiger partial charge in [0, 0.05) is 12.3 Å². The molecular formula is C10H20N2O2. The molecule has 0 aromatic carbocycles. The van der Waals surface area contributed by atoms with Crippen molar-refractivity contribution in [3.05, 3.63) is 0 Å². The van der Waals surface area contributed by atoms with E-state index in [1.165, 1.54) is 0 Å². The maximum atomic E-state index is 11.1. The van der Waals surface area contributed by atoms with Crippen LogP contribution in [-0.4, -0.2) is 32.3 Å². The number of esters is 1. The number of ether oxygens (including phenoxy) is 1. The Labute approximate surface area is 85.4 Å². The zero-order valence-electron chi connectivity index (χ0n) is 9.01. The lowest BCUT2D eigenvalue weighted by atomic mass is 9.96. The first-order valence-electron chi connectivity index (χ1n) is 5.35. The van der Waals surface area contributed by atoms with Gasteiger partial charge >= 0.3 is 5.97 Å². The van der Waals surface area contributed by atoms with Gasteiger partial charge < -0.3 is 10.1 Å². The molecule has 0 bridgehead atoms. The van der Waals surface area contributed by atoms with E-state index in [0.29, 0.717) is 12.3 Å². The van der Waals surface area contributed by atoms with Crippen LogP contribution in [0.1, 0.15) is 26.2 Å². The molecule has 0 amide bonds. The Bertz CT molecular complexity index is 179. The summed E-state index contributed by atoms with van der Waals surface area (Å²) in [5.74, 6) is 0.333. The first-order valence-corrected chi connectivity index (χ1v) is 5.35. The van der Waals surface area contributed by atoms with Crippen LogP contribution in [0, 0.1) is 5.92 Å². The van der Waals surface area contributed by atoms with Crippen LogP contribution in [0.4, 0.5) is 0 Å². The zero-order valence-corrected chi connectivity index (χ0v) is 9.01. The van der Waals surface area contributed by atoms with Gasteiger partial charge in [-0.15, -0.1) is 0 Å². The molecule has 0 aromatic heterocycles. The quantitative estimate of drug-likeness (QED) is 0.512. The summed E-state index contributed by atoms with van der Waals surface area (Å²) in [6.45, 7) is 3.86. The van der Waals surface area contributed by atoms with Crippen LogP contribution in [0.2, 0.25) is 0 Å². The molecule has 1 rings (SSSR count). The zero-order chi connectivity index (χ0) is 10.4. The fourth-order valence-corrected chi connectivity index (χ4v) is 1.76. The topological polar surface area (TPSA) is 50.4 Å². The summed E-state index contributed by atoms with van der Waals surface area (Å²) in [4.78, 5) is 11.1. The number of hydrogen-bond donors (Lipinski definition) is 2. The monoisotopic (exact) mass is 200 g/mol. The molecule has 4 nitrogen and oxygen atoms in total. The molecule has 1 atom stereocenters. The highest BCUT2D eigenvalue weighted by Crippen LogP contribution is 2.17. The molecule has 2 N–H and O–H groups in total. The molecule has 1 heterocycles. The number of carbonyl (C=O) groups is 1. The highest BCUT2D eigenvalue weighted by atomic mass is 16.6. The minimum atomic E-state index is -0.122. The molecule has 1 aliphatic rings. The average molecular weight is 200 g/mol. The third kappa shape index (κ3) is 3.27. The molecule has 0 aliphatic carbocycles. The highest BCUT2D eigenvalue weighted by Gasteiger charge is 2.24. The Balaban J connectivity index is 2.39. The second-order valence-corrected chi connectivity index (χ2v) is 3.64. The Morgan fingerprint density at radius 3 is 2.71 bits per heavy atom. The van der Waals surface area contributed by atoms with Crippen molar-refractivity contribution in [2.75, 3.05) is 20.1 Å². The smallest absolute Gasteiger partial charge is 0.307 e. The third-order valence-corrected chi connectivity index (χ3v) is 2.64. The van der Waals surface area contributed by atoms with E-state index in [0.717, 1.165) is 25.9 Å². The Hall–Kier alpha value is -0.610. The third-order valence-electron chi connectivity index (χ3n) is 2.64. The van der Waals surface area contributed by atoms with Gasteiger partial charge in [-0.1, -0.05) is 6.92 Å². The molecule has 82 valence electrons. The van der Waals surface area contributed by atoms with E-state index < -0.39 is 0 Å². The minimum absolute atomic E-state index is 0.107. The van der Waals surface area contributed by atoms with Gasteiger partial charge in [0.1, 0.15) is 0 Å². The van der Waals surface area contributed by atoms with Crippen molar-refractivity contribution in [3.8, 4) is 0 Å². The SMILES string of the molecule is CCC(=O)OC(NC)C1CCNCC1. The average Bonchev–Trinajstić information content (AvgIpc) is 2.26. The molecule has 14 heavy (non-hydrogen) atoms. The minimum Gasteiger partial charge on any atom is -0.446 e. The predicted molar refractivity (Wildman–Crippen MR) is 54.8 cm³/mol. The fraction of sp³-hybridized carbons (Fsp3) is 0.900. The maximum absolute atomic E-state index is 11.1. The Kier molecular flexibility index (Phi) is 4.90. The van der Waals surface area contributed by atoms with Crippen molar-refractivity contribution < 1.29 is 9.53 Å². The van der Waals surface area contributed by atoms with Crippen LogP contribution in [0.25, 0.3) is 0 Å². The van der Waals surface area contributed by atoms with Crippen molar-refractivity contribution >= 4 is 5.97 Å². The van der Waals surface area contributed by atoms with Gasteiger partial charge in [-0.05, 0) is 33.0 Å². The van der Waals surface area contributed by atoms with E-state index in [4.69, 9.17) is 4.74 Å². The molecule has 0 saturated carbocycles. The van der Waals surface area contributed by atoms with Gasteiger partial charge in [-0.25, -0.2) is 0 Å². The molecule has 1 aliphatic heterocycles. The van der Waals surface area contributed by atoms with Crippen molar-refractivity contribution in [1.82, 2.24) is 10.6 Å². The standard InChI is InChI=1S/C10H20N2O2/c1-3-9(13)14-10(11-2)8-4-6-12-7-5-8/h8,10-12H,3-7H2,1-2H3. The van der Waals surface area contributed by atoms with Gasteiger partial charge in [-0.2, -0.15) is 0 Å². The lowest BCUT2D eigenvalue weighted by Gasteiger charge is -2.29. The largest absolute Gasteiger partial charge is 0.446 e. The summed E-state index contributed by atoms with van der Waals surface area (Å²) < 4.78 is 5.31. The van der Waals surface area contributed by atoms with Crippen molar-refractivity contribution in [2.24, 2.45) is 5.92 Å². The van der Waals surface area contributed by atoms with Crippen molar-refractivity contribution in [1.29, 1.82) is 0 Å². The first kappa shape index (κ1) is 11.5. The summed E-state index contributed by atoms with van der Waals surface area (Å²) in [7, 11) is 1.84. The highest BCUT2D eigenvalue weighted by molar-refractivity contribution is 5.69. The van der Waals surface area contributed by atoms with E-state index in [9.17, 15) is 4.79 Å². The van der Waals surface area contributed by atoms with Crippen LogP contribution in [0.3, 0.4) is 0 Å². The molecule has 0 aromatic rings. The number of piperidine rings is 1. The van der Waals surface area contributed by atoms with Gasteiger partial charge in [-0.3, -0.25) is 10.1 Å². The molecule has 0 radical (unpaired) electrons. The molecule has 0 spiro atoms. The molecule has 4 heteroatoms. The van der Waals surface area contributed by atoms with E-state index in [2.05, 4.69) is 10.6 Å². The summed E-state index contributed by atoms with van der Waals surface area (Å²) >= 11 is 0. The molecule has 1 saturated heterocycles.